The SMILES string of the molecule is O=C(O)c1ccc(Oc2ccc(Cl)c3cccnc23)cc1. The van der Waals surface area contributed by atoms with E-state index in [1.54, 1.807) is 36.5 Å². The third kappa shape index (κ3) is 2.66. The van der Waals surface area contributed by atoms with Gasteiger partial charge in [0.05, 0.1) is 10.6 Å². The average Bonchev–Trinajstić information content (AvgIpc) is 2.51. The average molecular weight is 300 g/mol. The highest BCUT2D eigenvalue weighted by Crippen LogP contribution is 2.32. The molecule has 104 valence electrons. The molecule has 5 heteroatoms. The predicted octanol–water partition coefficient (Wildman–Crippen LogP) is 4.38. The maximum Gasteiger partial charge on any atom is 0.335 e. The van der Waals surface area contributed by atoms with Crippen LogP contribution in [0.5, 0.6) is 11.5 Å². The number of hydrogen-bond donors (Lipinski definition) is 1. The molecule has 0 fully saturated rings. The smallest absolute Gasteiger partial charge is 0.335 e. The van der Waals surface area contributed by atoms with Crippen molar-refractivity contribution < 1.29 is 14.6 Å². The molecule has 21 heavy (non-hydrogen) atoms. The van der Waals surface area contributed by atoms with Crippen molar-refractivity contribution >= 4 is 28.5 Å². The Morgan fingerprint density at radius 3 is 2.57 bits per heavy atom. The first-order valence-corrected chi connectivity index (χ1v) is 6.57. The summed E-state index contributed by atoms with van der Waals surface area (Å²) < 4.78 is 5.77. The highest BCUT2D eigenvalue weighted by atomic mass is 35.5. The van der Waals surface area contributed by atoms with E-state index in [2.05, 4.69) is 4.98 Å². The van der Waals surface area contributed by atoms with Crippen LogP contribution < -0.4 is 4.74 Å². The molecule has 0 atom stereocenters. The van der Waals surface area contributed by atoms with Crippen molar-refractivity contribution in [2.45, 2.75) is 0 Å². The minimum absolute atomic E-state index is 0.210. The van der Waals surface area contributed by atoms with E-state index in [-0.39, 0.29) is 5.56 Å². The standard InChI is InChI=1S/C16H10ClNO3/c17-13-7-8-14(15-12(13)2-1-9-18-15)21-11-5-3-10(4-6-11)16(19)20/h1-9H,(H,19,20). The summed E-state index contributed by atoms with van der Waals surface area (Å²) in [5, 5.41) is 10.3. The minimum atomic E-state index is -0.972. The molecular weight excluding hydrogens is 290 g/mol. The predicted molar refractivity (Wildman–Crippen MR) is 80.2 cm³/mol. The van der Waals surface area contributed by atoms with Crippen LogP contribution in [0.15, 0.2) is 54.7 Å². The number of hydrogen-bond acceptors (Lipinski definition) is 3. The topological polar surface area (TPSA) is 59.4 Å². The molecule has 1 heterocycles. The Balaban J connectivity index is 1.98. The number of pyridine rings is 1. The zero-order valence-corrected chi connectivity index (χ0v) is 11.5. The number of aromatic nitrogens is 1. The van der Waals surface area contributed by atoms with Crippen molar-refractivity contribution in [2.75, 3.05) is 0 Å². The first-order chi connectivity index (χ1) is 10.1. The van der Waals surface area contributed by atoms with E-state index in [1.165, 1.54) is 12.1 Å². The third-order valence-electron chi connectivity index (χ3n) is 3.01. The first kappa shape index (κ1) is 13.4. The first-order valence-electron chi connectivity index (χ1n) is 6.19. The number of rotatable bonds is 3. The van der Waals surface area contributed by atoms with Gasteiger partial charge < -0.3 is 9.84 Å². The molecule has 4 nitrogen and oxygen atoms in total. The van der Waals surface area contributed by atoms with Crippen molar-refractivity contribution in [1.82, 2.24) is 4.98 Å². The highest BCUT2D eigenvalue weighted by molar-refractivity contribution is 6.35. The van der Waals surface area contributed by atoms with Gasteiger partial charge in [-0.05, 0) is 48.5 Å². The minimum Gasteiger partial charge on any atom is -0.478 e. The van der Waals surface area contributed by atoms with Crippen LogP contribution in [0.25, 0.3) is 10.9 Å². The largest absolute Gasteiger partial charge is 0.478 e. The number of halogens is 1. The van der Waals surface area contributed by atoms with E-state index in [9.17, 15) is 4.79 Å². The van der Waals surface area contributed by atoms with Gasteiger partial charge in [0.1, 0.15) is 11.3 Å². The Hall–Kier alpha value is -2.59. The summed E-state index contributed by atoms with van der Waals surface area (Å²) in [6.07, 6.45) is 1.67. The van der Waals surface area contributed by atoms with Crippen molar-refractivity contribution in [3.8, 4) is 11.5 Å². The molecule has 0 unspecified atom stereocenters. The van der Waals surface area contributed by atoms with Crippen LogP contribution in [0.3, 0.4) is 0 Å². The molecule has 0 saturated carbocycles. The number of benzene rings is 2. The zero-order valence-electron chi connectivity index (χ0n) is 10.8. The third-order valence-corrected chi connectivity index (χ3v) is 3.34. The number of aromatic carboxylic acids is 1. The van der Waals surface area contributed by atoms with Crippen LogP contribution in [-0.4, -0.2) is 16.1 Å². The van der Waals surface area contributed by atoms with E-state index in [0.717, 1.165) is 5.39 Å². The molecule has 0 bridgehead atoms. The molecule has 0 radical (unpaired) electrons. The van der Waals surface area contributed by atoms with Gasteiger partial charge >= 0.3 is 5.97 Å². The molecular formula is C16H10ClNO3. The lowest BCUT2D eigenvalue weighted by atomic mass is 10.2. The summed E-state index contributed by atoms with van der Waals surface area (Å²) in [5.74, 6) is 0.132. The van der Waals surface area contributed by atoms with E-state index in [4.69, 9.17) is 21.4 Å². The van der Waals surface area contributed by atoms with E-state index >= 15 is 0 Å². The lowest BCUT2D eigenvalue weighted by Crippen LogP contribution is -1.95. The molecule has 1 aromatic heterocycles. The summed E-state index contributed by atoms with van der Waals surface area (Å²) in [6.45, 7) is 0. The second kappa shape index (κ2) is 5.42. The van der Waals surface area contributed by atoms with Crippen molar-refractivity contribution in [1.29, 1.82) is 0 Å². The van der Waals surface area contributed by atoms with Gasteiger partial charge in [0, 0.05) is 11.6 Å². The number of ether oxygens (including phenoxy) is 1. The normalized spacial score (nSPS) is 10.5. The van der Waals surface area contributed by atoms with Crippen molar-refractivity contribution in [2.24, 2.45) is 0 Å². The van der Waals surface area contributed by atoms with E-state index < -0.39 is 5.97 Å². The summed E-state index contributed by atoms with van der Waals surface area (Å²) in [7, 11) is 0. The van der Waals surface area contributed by atoms with Gasteiger partial charge in [-0.25, -0.2) is 4.79 Å². The fourth-order valence-corrected chi connectivity index (χ4v) is 2.20. The van der Waals surface area contributed by atoms with E-state index in [0.29, 0.717) is 22.0 Å². The number of carboxylic acid groups (broad SMARTS) is 1. The number of carboxylic acids is 1. The van der Waals surface area contributed by atoms with Gasteiger partial charge in [0.2, 0.25) is 0 Å². The maximum atomic E-state index is 10.8. The molecule has 3 rings (SSSR count). The van der Waals surface area contributed by atoms with Crippen molar-refractivity contribution in [3.05, 3.63) is 65.3 Å². The quantitative estimate of drug-likeness (QED) is 0.779. The Morgan fingerprint density at radius 2 is 1.86 bits per heavy atom. The summed E-state index contributed by atoms with van der Waals surface area (Å²) in [4.78, 5) is 15.1. The van der Waals surface area contributed by atoms with Gasteiger partial charge in [-0.15, -0.1) is 0 Å². The molecule has 0 aliphatic carbocycles. The Kier molecular flexibility index (Phi) is 3.46. The lowest BCUT2D eigenvalue weighted by molar-refractivity contribution is 0.0697. The number of fused-ring (bicyclic) bond motifs is 1. The van der Waals surface area contributed by atoms with Crippen LogP contribution >= 0.6 is 11.6 Å². The Morgan fingerprint density at radius 1 is 1.10 bits per heavy atom. The molecule has 3 aromatic rings. The molecule has 0 aliphatic rings. The fourth-order valence-electron chi connectivity index (χ4n) is 1.99. The number of carbonyl (C=O) groups is 1. The van der Waals surface area contributed by atoms with Crippen LogP contribution in [0.4, 0.5) is 0 Å². The summed E-state index contributed by atoms with van der Waals surface area (Å²) in [6, 6.07) is 13.3. The molecule has 0 amide bonds. The van der Waals surface area contributed by atoms with Crippen LogP contribution in [-0.2, 0) is 0 Å². The van der Waals surface area contributed by atoms with Crippen molar-refractivity contribution in [3.63, 3.8) is 0 Å². The Bertz CT molecular complexity index is 815. The highest BCUT2D eigenvalue weighted by Gasteiger charge is 2.08. The molecule has 1 N–H and O–H groups in total. The molecule has 2 aromatic carbocycles. The molecule has 0 aliphatic heterocycles. The lowest BCUT2D eigenvalue weighted by Gasteiger charge is -2.09. The van der Waals surface area contributed by atoms with Crippen LogP contribution in [0.1, 0.15) is 10.4 Å². The van der Waals surface area contributed by atoms with Crippen LogP contribution in [0, 0.1) is 0 Å². The zero-order chi connectivity index (χ0) is 14.8. The second-order valence-electron chi connectivity index (χ2n) is 4.38. The van der Waals surface area contributed by atoms with Gasteiger partial charge in [-0.3, -0.25) is 4.98 Å². The van der Waals surface area contributed by atoms with E-state index in [1.807, 2.05) is 6.07 Å². The van der Waals surface area contributed by atoms with Gasteiger partial charge in [-0.2, -0.15) is 0 Å². The van der Waals surface area contributed by atoms with Gasteiger partial charge in [-0.1, -0.05) is 11.6 Å². The van der Waals surface area contributed by atoms with Gasteiger partial charge in [0.25, 0.3) is 0 Å². The van der Waals surface area contributed by atoms with Crippen LogP contribution in [0.2, 0.25) is 5.02 Å². The van der Waals surface area contributed by atoms with Gasteiger partial charge in [0.15, 0.2) is 5.75 Å². The molecule has 0 spiro atoms. The number of nitrogens with zero attached hydrogens (tertiary/aromatic N) is 1. The fraction of sp³-hybridized carbons (Fsp3) is 0. The molecule has 0 saturated heterocycles. The maximum absolute atomic E-state index is 10.8. The summed E-state index contributed by atoms with van der Waals surface area (Å²) in [5.41, 5.74) is 0.869. The summed E-state index contributed by atoms with van der Waals surface area (Å²) >= 11 is 6.13. The second-order valence-corrected chi connectivity index (χ2v) is 4.78. The monoisotopic (exact) mass is 299 g/mol. The Labute approximate surface area is 125 Å².